The standard InChI is InChI=1S/C25H23F3N2O2/c26-25(27,28)16-29-24(32)20-9-5-17(6-10-20)15-30(22-11-12-22)23(31)14-18-7-8-19-3-1-2-4-21(19)13-18/h1-10,13,22H,11-12,14-16H2,(H,29,32). The van der Waals surface area contributed by atoms with E-state index >= 15 is 0 Å². The van der Waals surface area contributed by atoms with Gasteiger partial charge in [-0.2, -0.15) is 13.2 Å². The summed E-state index contributed by atoms with van der Waals surface area (Å²) in [7, 11) is 0. The molecule has 0 aliphatic heterocycles. The maximum absolute atomic E-state index is 13.0. The van der Waals surface area contributed by atoms with Crippen LogP contribution in [0.15, 0.2) is 66.7 Å². The highest BCUT2D eigenvalue weighted by molar-refractivity contribution is 5.94. The molecule has 1 aliphatic rings. The zero-order valence-corrected chi connectivity index (χ0v) is 17.4. The third-order valence-electron chi connectivity index (χ3n) is 5.50. The molecular formula is C25H23F3N2O2. The fourth-order valence-corrected chi connectivity index (χ4v) is 3.67. The predicted octanol–water partition coefficient (Wildman–Crippen LogP) is 4.87. The van der Waals surface area contributed by atoms with E-state index in [0.717, 1.165) is 34.7 Å². The molecule has 0 unspecified atom stereocenters. The number of alkyl halides is 3. The van der Waals surface area contributed by atoms with Crippen molar-refractivity contribution in [2.24, 2.45) is 0 Å². The van der Waals surface area contributed by atoms with Gasteiger partial charge in [0.25, 0.3) is 5.91 Å². The summed E-state index contributed by atoms with van der Waals surface area (Å²) >= 11 is 0. The quantitative estimate of drug-likeness (QED) is 0.570. The van der Waals surface area contributed by atoms with Gasteiger partial charge in [-0.15, -0.1) is 0 Å². The zero-order chi connectivity index (χ0) is 22.7. The highest BCUT2D eigenvalue weighted by Gasteiger charge is 2.32. The molecule has 166 valence electrons. The number of carbonyl (C=O) groups excluding carboxylic acids is 2. The molecule has 1 saturated carbocycles. The van der Waals surface area contributed by atoms with Crippen molar-refractivity contribution < 1.29 is 22.8 Å². The van der Waals surface area contributed by atoms with Gasteiger partial charge in [-0.3, -0.25) is 9.59 Å². The van der Waals surface area contributed by atoms with Gasteiger partial charge in [0.1, 0.15) is 6.54 Å². The van der Waals surface area contributed by atoms with Crippen molar-refractivity contribution in [1.29, 1.82) is 0 Å². The van der Waals surface area contributed by atoms with Crippen LogP contribution in [0.3, 0.4) is 0 Å². The number of nitrogens with one attached hydrogen (secondary N) is 1. The Morgan fingerprint density at radius 1 is 0.906 bits per heavy atom. The van der Waals surface area contributed by atoms with Crippen LogP contribution in [-0.4, -0.2) is 35.5 Å². The fourth-order valence-electron chi connectivity index (χ4n) is 3.67. The minimum Gasteiger partial charge on any atom is -0.343 e. The molecule has 0 heterocycles. The number of benzene rings is 3. The van der Waals surface area contributed by atoms with Gasteiger partial charge >= 0.3 is 6.18 Å². The van der Waals surface area contributed by atoms with Crippen molar-refractivity contribution in [3.63, 3.8) is 0 Å². The summed E-state index contributed by atoms with van der Waals surface area (Å²) in [5, 5.41) is 4.08. The average Bonchev–Trinajstić information content (AvgIpc) is 3.61. The van der Waals surface area contributed by atoms with Gasteiger partial charge in [-0.1, -0.05) is 54.6 Å². The number of nitrogens with zero attached hydrogens (tertiary/aromatic N) is 1. The van der Waals surface area contributed by atoms with Crippen LogP contribution < -0.4 is 5.32 Å². The maximum atomic E-state index is 13.0. The highest BCUT2D eigenvalue weighted by atomic mass is 19.4. The molecule has 0 spiro atoms. The third kappa shape index (κ3) is 5.66. The molecule has 0 bridgehead atoms. The van der Waals surface area contributed by atoms with Gasteiger partial charge in [0.15, 0.2) is 0 Å². The molecule has 1 N–H and O–H groups in total. The van der Waals surface area contributed by atoms with E-state index in [-0.39, 0.29) is 17.5 Å². The zero-order valence-electron chi connectivity index (χ0n) is 17.4. The number of rotatable bonds is 7. The molecule has 1 fully saturated rings. The molecular weight excluding hydrogens is 417 g/mol. The summed E-state index contributed by atoms with van der Waals surface area (Å²) in [6.45, 7) is -0.964. The van der Waals surface area contributed by atoms with Crippen LogP contribution >= 0.6 is 0 Å². The topological polar surface area (TPSA) is 49.4 Å². The molecule has 1 aliphatic carbocycles. The van der Waals surface area contributed by atoms with E-state index in [1.165, 1.54) is 12.1 Å². The molecule has 0 aromatic heterocycles. The Balaban J connectivity index is 1.40. The van der Waals surface area contributed by atoms with Gasteiger partial charge in [0, 0.05) is 18.2 Å². The van der Waals surface area contributed by atoms with E-state index in [1.54, 1.807) is 12.1 Å². The second kappa shape index (κ2) is 9.02. The van der Waals surface area contributed by atoms with Gasteiger partial charge in [-0.25, -0.2) is 0 Å². The first-order chi connectivity index (χ1) is 15.3. The highest BCUT2D eigenvalue weighted by Crippen LogP contribution is 2.29. The number of hydrogen-bond donors (Lipinski definition) is 1. The third-order valence-corrected chi connectivity index (χ3v) is 5.50. The molecule has 7 heteroatoms. The molecule has 0 saturated heterocycles. The summed E-state index contributed by atoms with van der Waals surface area (Å²) < 4.78 is 36.8. The van der Waals surface area contributed by atoms with Crippen LogP contribution in [0.1, 0.15) is 34.3 Å². The molecule has 0 radical (unpaired) electrons. The first kappa shape index (κ1) is 21.9. The van der Waals surface area contributed by atoms with Crippen LogP contribution in [0.25, 0.3) is 10.8 Å². The molecule has 32 heavy (non-hydrogen) atoms. The largest absolute Gasteiger partial charge is 0.405 e. The molecule has 4 rings (SSSR count). The lowest BCUT2D eigenvalue weighted by atomic mass is 10.0. The van der Waals surface area contributed by atoms with Crippen molar-refractivity contribution in [3.05, 3.63) is 83.4 Å². The lowest BCUT2D eigenvalue weighted by Crippen LogP contribution is -2.34. The van der Waals surface area contributed by atoms with Gasteiger partial charge in [0.2, 0.25) is 5.91 Å². The van der Waals surface area contributed by atoms with Crippen LogP contribution in [-0.2, 0) is 17.8 Å². The molecule has 3 aromatic rings. The van der Waals surface area contributed by atoms with Crippen molar-refractivity contribution in [2.45, 2.75) is 38.0 Å². The smallest absolute Gasteiger partial charge is 0.343 e. The van der Waals surface area contributed by atoms with Gasteiger partial charge < -0.3 is 10.2 Å². The maximum Gasteiger partial charge on any atom is 0.405 e. The minimum atomic E-state index is -4.45. The Hall–Kier alpha value is -3.35. The number of fused-ring (bicyclic) bond motifs is 1. The number of halogens is 3. The monoisotopic (exact) mass is 440 g/mol. The molecule has 2 amide bonds. The van der Waals surface area contributed by atoms with E-state index in [2.05, 4.69) is 0 Å². The van der Waals surface area contributed by atoms with Crippen LogP contribution in [0.5, 0.6) is 0 Å². The molecule has 3 aromatic carbocycles. The average molecular weight is 440 g/mol. The molecule has 4 nitrogen and oxygen atoms in total. The summed E-state index contributed by atoms with van der Waals surface area (Å²) in [4.78, 5) is 26.8. The summed E-state index contributed by atoms with van der Waals surface area (Å²) in [6, 6.07) is 20.6. The summed E-state index contributed by atoms with van der Waals surface area (Å²) in [5.74, 6) is -0.741. The Kier molecular flexibility index (Phi) is 6.17. The van der Waals surface area contributed by atoms with Crippen molar-refractivity contribution in [2.75, 3.05) is 6.54 Å². The number of amides is 2. The fraction of sp³-hybridized carbons (Fsp3) is 0.280. The summed E-state index contributed by atoms with van der Waals surface area (Å²) in [6.07, 6.45) is -2.23. The summed E-state index contributed by atoms with van der Waals surface area (Å²) in [5.41, 5.74) is 1.94. The first-order valence-corrected chi connectivity index (χ1v) is 10.5. The number of carbonyl (C=O) groups is 2. The Labute approximate surface area is 184 Å². The second-order valence-electron chi connectivity index (χ2n) is 8.11. The Bertz CT molecular complexity index is 1120. The van der Waals surface area contributed by atoms with Crippen molar-refractivity contribution in [3.8, 4) is 0 Å². The van der Waals surface area contributed by atoms with Gasteiger partial charge in [0.05, 0.1) is 6.42 Å². The van der Waals surface area contributed by atoms with Crippen LogP contribution in [0.2, 0.25) is 0 Å². The van der Waals surface area contributed by atoms with E-state index < -0.39 is 18.6 Å². The SMILES string of the molecule is O=C(NCC(F)(F)F)c1ccc(CN(C(=O)Cc2ccc3ccccc3c2)C2CC2)cc1. The van der Waals surface area contributed by atoms with E-state index in [4.69, 9.17) is 0 Å². The van der Waals surface area contributed by atoms with Crippen molar-refractivity contribution >= 4 is 22.6 Å². The van der Waals surface area contributed by atoms with Crippen LogP contribution in [0, 0.1) is 0 Å². The Morgan fingerprint density at radius 2 is 1.56 bits per heavy atom. The molecule has 0 atom stereocenters. The van der Waals surface area contributed by atoms with Crippen LogP contribution in [0.4, 0.5) is 13.2 Å². The normalized spacial score (nSPS) is 13.7. The van der Waals surface area contributed by atoms with E-state index in [1.807, 2.05) is 52.7 Å². The van der Waals surface area contributed by atoms with E-state index in [0.29, 0.717) is 13.0 Å². The lowest BCUT2D eigenvalue weighted by Gasteiger charge is -2.23. The van der Waals surface area contributed by atoms with Crippen molar-refractivity contribution in [1.82, 2.24) is 10.2 Å². The lowest BCUT2D eigenvalue weighted by molar-refractivity contribution is -0.131. The van der Waals surface area contributed by atoms with E-state index in [9.17, 15) is 22.8 Å². The first-order valence-electron chi connectivity index (χ1n) is 10.5. The van der Waals surface area contributed by atoms with Gasteiger partial charge in [-0.05, 0) is 46.9 Å². The Morgan fingerprint density at radius 3 is 2.22 bits per heavy atom. The predicted molar refractivity (Wildman–Crippen MR) is 116 cm³/mol. The second-order valence-corrected chi connectivity index (χ2v) is 8.11. The minimum absolute atomic E-state index is 0.0368. The number of hydrogen-bond acceptors (Lipinski definition) is 2.